The van der Waals surface area contributed by atoms with Gasteiger partial charge < -0.3 is 11.1 Å². The fraction of sp³-hybridized carbons (Fsp3) is 0.0769. The zero-order valence-corrected chi connectivity index (χ0v) is 10.5. The molecule has 0 atom stereocenters. The van der Waals surface area contributed by atoms with E-state index in [9.17, 15) is 4.79 Å². The fourth-order valence-electron chi connectivity index (χ4n) is 1.47. The highest BCUT2D eigenvalue weighted by atomic mass is 35.5. The monoisotopic (exact) mass is 261 g/mol. The van der Waals surface area contributed by atoms with Gasteiger partial charge >= 0.3 is 0 Å². The maximum atomic E-state index is 12.0. The Morgan fingerprint density at radius 3 is 2.67 bits per heavy atom. The number of aryl methyl sites for hydroxylation is 1. The summed E-state index contributed by atoms with van der Waals surface area (Å²) in [5.41, 5.74) is 8.11. The quantitative estimate of drug-likeness (QED) is 0.645. The normalized spacial score (nSPS) is 10.1. The molecule has 1 amide bonds. The van der Waals surface area contributed by atoms with Gasteiger partial charge in [0.15, 0.2) is 5.15 Å². The van der Waals surface area contributed by atoms with Crippen LogP contribution in [-0.4, -0.2) is 10.9 Å². The predicted octanol–water partition coefficient (Wildman–Crippen LogP) is 2.88. The van der Waals surface area contributed by atoms with Gasteiger partial charge in [-0.25, -0.2) is 4.98 Å². The van der Waals surface area contributed by atoms with Crippen LogP contribution in [0.15, 0.2) is 36.5 Å². The standard InChI is InChI=1S/C13H12ClN3O/c1-8-6-11(12(14)16-7-8)17-13(18)9-2-4-10(15)5-3-9/h2-7H,15H2,1H3,(H,17,18). The number of carbonyl (C=O) groups is 1. The van der Waals surface area contributed by atoms with Gasteiger partial charge in [0.05, 0.1) is 5.69 Å². The Balaban J connectivity index is 2.21. The van der Waals surface area contributed by atoms with E-state index >= 15 is 0 Å². The molecule has 4 nitrogen and oxygen atoms in total. The number of nitrogens with two attached hydrogens (primary N) is 1. The minimum Gasteiger partial charge on any atom is -0.399 e. The number of nitrogens with zero attached hydrogens (tertiary/aromatic N) is 1. The Kier molecular flexibility index (Phi) is 3.48. The highest BCUT2D eigenvalue weighted by Crippen LogP contribution is 2.20. The van der Waals surface area contributed by atoms with Gasteiger partial charge in [0.1, 0.15) is 0 Å². The molecule has 2 aromatic rings. The summed E-state index contributed by atoms with van der Waals surface area (Å²) in [6.07, 6.45) is 1.64. The number of nitrogens with one attached hydrogen (secondary N) is 1. The Hall–Kier alpha value is -2.07. The van der Waals surface area contributed by atoms with Crippen molar-refractivity contribution in [3.05, 3.63) is 52.8 Å². The van der Waals surface area contributed by atoms with Crippen molar-refractivity contribution in [1.29, 1.82) is 0 Å². The Bertz CT molecular complexity index is 581. The van der Waals surface area contributed by atoms with Crippen LogP contribution in [0.25, 0.3) is 0 Å². The molecule has 5 heteroatoms. The summed E-state index contributed by atoms with van der Waals surface area (Å²) in [6.45, 7) is 1.88. The van der Waals surface area contributed by atoms with E-state index in [-0.39, 0.29) is 11.1 Å². The van der Waals surface area contributed by atoms with Crippen molar-refractivity contribution in [1.82, 2.24) is 4.98 Å². The number of nitrogen functional groups attached to an aromatic ring is 1. The van der Waals surface area contributed by atoms with Crippen LogP contribution in [0.3, 0.4) is 0 Å². The van der Waals surface area contributed by atoms with Gasteiger partial charge in [0.25, 0.3) is 5.91 Å². The van der Waals surface area contributed by atoms with E-state index in [1.165, 1.54) is 0 Å². The second kappa shape index (κ2) is 5.06. The number of carbonyl (C=O) groups excluding carboxylic acids is 1. The lowest BCUT2D eigenvalue weighted by molar-refractivity contribution is 0.102. The van der Waals surface area contributed by atoms with Gasteiger partial charge in [0.2, 0.25) is 0 Å². The van der Waals surface area contributed by atoms with Crippen LogP contribution < -0.4 is 11.1 Å². The topological polar surface area (TPSA) is 68.0 Å². The summed E-state index contributed by atoms with van der Waals surface area (Å²) in [4.78, 5) is 15.9. The van der Waals surface area contributed by atoms with Crippen molar-refractivity contribution < 1.29 is 4.79 Å². The first-order valence-corrected chi connectivity index (χ1v) is 5.73. The number of pyridine rings is 1. The molecule has 1 heterocycles. The van der Waals surface area contributed by atoms with E-state index in [4.69, 9.17) is 17.3 Å². The molecule has 1 aromatic carbocycles. The molecular weight excluding hydrogens is 250 g/mol. The lowest BCUT2D eigenvalue weighted by Crippen LogP contribution is -2.12. The van der Waals surface area contributed by atoms with E-state index in [1.54, 1.807) is 36.5 Å². The van der Waals surface area contributed by atoms with E-state index in [0.29, 0.717) is 16.9 Å². The van der Waals surface area contributed by atoms with E-state index in [0.717, 1.165) is 5.56 Å². The minimum absolute atomic E-state index is 0.246. The van der Waals surface area contributed by atoms with Crippen LogP contribution in [0.5, 0.6) is 0 Å². The third-order valence-electron chi connectivity index (χ3n) is 2.40. The molecule has 0 saturated heterocycles. The third-order valence-corrected chi connectivity index (χ3v) is 2.70. The van der Waals surface area contributed by atoms with Gasteiger partial charge in [-0.1, -0.05) is 11.6 Å². The molecule has 92 valence electrons. The van der Waals surface area contributed by atoms with Gasteiger partial charge in [-0.2, -0.15) is 0 Å². The zero-order valence-electron chi connectivity index (χ0n) is 9.77. The minimum atomic E-state index is -0.246. The molecule has 0 unspecified atom stereocenters. The summed E-state index contributed by atoms with van der Waals surface area (Å²) in [5.74, 6) is -0.246. The van der Waals surface area contributed by atoms with Gasteiger partial charge in [-0.15, -0.1) is 0 Å². The number of aromatic nitrogens is 1. The number of rotatable bonds is 2. The molecule has 0 aliphatic carbocycles. The van der Waals surface area contributed by atoms with Gasteiger partial charge in [-0.3, -0.25) is 4.79 Å². The van der Waals surface area contributed by atoms with E-state index < -0.39 is 0 Å². The molecule has 0 spiro atoms. The maximum Gasteiger partial charge on any atom is 0.255 e. The molecule has 0 aliphatic heterocycles. The molecule has 0 radical (unpaired) electrons. The summed E-state index contributed by atoms with van der Waals surface area (Å²) in [6, 6.07) is 8.42. The number of hydrogen-bond acceptors (Lipinski definition) is 3. The van der Waals surface area contributed by atoms with Gasteiger partial charge in [-0.05, 0) is 42.8 Å². The molecule has 18 heavy (non-hydrogen) atoms. The van der Waals surface area contributed by atoms with Crippen LogP contribution in [0.1, 0.15) is 15.9 Å². The first-order chi connectivity index (χ1) is 8.56. The average Bonchev–Trinajstić information content (AvgIpc) is 2.34. The van der Waals surface area contributed by atoms with Crippen LogP contribution >= 0.6 is 11.6 Å². The Morgan fingerprint density at radius 2 is 2.00 bits per heavy atom. The van der Waals surface area contributed by atoms with Gasteiger partial charge in [0, 0.05) is 17.4 Å². The molecule has 3 N–H and O–H groups in total. The maximum absolute atomic E-state index is 12.0. The largest absolute Gasteiger partial charge is 0.399 e. The summed E-state index contributed by atoms with van der Waals surface area (Å²) in [7, 11) is 0. The Labute approximate surface area is 110 Å². The van der Waals surface area contributed by atoms with Crippen molar-refractivity contribution in [2.24, 2.45) is 0 Å². The van der Waals surface area contributed by atoms with Crippen molar-refractivity contribution in [2.45, 2.75) is 6.92 Å². The van der Waals surface area contributed by atoms with Crippen molar-refractivity contribution in [3.8, 4) is 0 Å². The molecular formula is C13H12ClN3O. The number of benzene rings is 1. The number of amides is 1. The first kappa shape index (κ1) is 12.4. The lowest BCUT2D eigenvalue weighted by atomic mass is 10.2. The fourth-order valence-corrected chi connectivity index (χ4v) is 1.62. The zero-order chi connectivity index (χ0) is 13.1. The second-order valence-electron chi connectivity index (χ2n) is 3.93. The van der Waals surface area contributed by atoms with Crippen LogP contribution in [-0.2, 0) is 0 Å². The molecule has 0 saturated carbocycles. The molecule has 1 aromatic heterocycles. The van der Waals surface area contributed by atoms with E-state index in [1.807, 2.05) is 6.92 Å². The number of hydrogen-bond donors (Lipinski definition) is 2. The molecule has 0 fully saturated rings. The smallest absolute Gasteiger partial charge is 0.255 e. The molecule has 0 bridgehead atoms. The first-order valence-electron chi connectivity index (χ1n) is 5.35. The SMILES string of the molecule is Cc1cnc(Cl)c(NC(=O)c2ccc(N)cc2)c1. The molecule has 0 aliphatic rings. The van der Waals surface area contributed by atoms with Crippen LogP contribution in [0.4, 0.5) is 11.4 Å². The summed E-state index contributed by atoms with van der Waals surface area (Å²) in [5, 5.41) is 2.98. The second-order valence-corrected chi connectivity index (χ2v) is 4.29. The van der Waals surface area contributed by atoms with Crippen molar-refractivity contribution >= 4 is 28.9 Å². The van der Waals surface area contributed by atoms with E-state index in [2.05, 4.69) is 10.3 Å². The third kappa shape index (κ3) is 2.78. The van der Waals surface area contributed by atoms with Crippen molar-refractivity contribution in [3.63, 3.8) is 0 Å². The summed E-state index contributed by atoms with van der Waals surface area (Å²) >= 11 is 5.91. The van der Waals surface area contributed by atoms with Crippen LogP contribution in [0.2, 0.25) is 5.15 Å². The Morgan fingerprint density at radius 1 is 1.33 bits per heavy atom. The average molecular weight is 262 g/mol. The number of anilines is 2. The summed E-state index contributed by atoms with van der Waals surface area (Å²) < 4.78 is 0. The van der Waals surface area contributed by atoms with Crippen LogP contribution in [0, 0.1) is 6.92 Å². The predicted molar refractivity (Wildman–Crippen MR) is 72.8 cm³/mol. The van der Waals surface area contributed by atoms with Crippen molar-refractivity contribution in [2.75, 3.05) is 11.1 Å². The number of halogens is 1. The highest BCUT2D eigenvalue weighted by Gasteiger charge is 2.09. The molecule has 2 rings (SSSR count). The lowest BCUT2D eigenvalue weighted by Gasteiger charge is -2.07. The highest BCUT2D eigenvalue weighted by molar-refractivity contribution is 6.32.